The van der Waals surface area contributed by atoms with E-state index in [1.165, 1.54) is 0 Å². The first kappa shape index (κ1) is 13.1. The van der Waals surface area contributed by atoms with Crippen molar-refractivity contribution in [2.45, 2.75) is 40.0 Å². The molecule has 98 valence electrons. The molecule has 1 saturated carbocycles. The summed E-state index contributed by atoms with van der Waals surface area (Å²) in [5.74, 6) is -0.846. The Morgan fingerprint density at radius 2 is 2.22 bits per heavy atom. The Bertz CT molecular complexity index is 458. The normalized spacial score (nSPS) is 33.3. The Morgan fingerprint density at radius 3 is 2.83 bits per heavy atom. The van der Waals surface area contributed by atoms with Gasteiger partial charge in [-0.1, -0.05) is 25.5 Å². The maximum atomic E-state index is 11.7. The van der Waals surface area contributed by atoms with Crippen LogP contribution in [0.25, 0.3) is 0 Å². The van der Waals surface area contributed by atoms with Crippen molar-refractivity contribution in [1.29, 1.82) is 0 Å². The van der Waals surface area contributed by atoms with Crippen molar-refractivity contribution >= 4 is 11.8 Å². The maximum absolute atomic E-state index is 11.7. The summed E-state index contributed by atoms with van der Waals surface area (Å²) in [6.45, 7) is 5.79. The first-order valence-electron chi connectivity index (χ1n) is 6.52. The van der Waals surface area contributed by atoms with Gasteiger partial charge in [-0.2, -0.15) is 0 Å². The standard InChI is InChI=1S/C15H20O3/c1-9(14(17)18)11-4-6-15(3)7-5-13(16)10(2)12(15)8-11/h5,7,9,11H,4,6,8H2,1-3H3,(H,17,18)/t9-,11+,15-/m0/s1. The molecule has 0 heterocycles. The molecule has 0 bridgehead atoms. The van der Waals surface area contributed by atoms with Gasteiger partial charge in [0, 0.05) is 5.41 Å². The van der Waals surface area contributed by atoms with Crippen LogP contribution in [0.15, 0.2) is 23.3 Å². The van der Waals surface area contributed by atoms with Crippen LogP contribution in [-0.2, 0) is 9.59 Å². The van der Waals surface area contributed by atoms with Crippen LogP contribution in [0, 0.1) is 17.3 Å². The molecule has 0 aromatic carbocycles. The molecule has 18 heavy (non-hydrogen) atoms. The second kappa shape index (κ2) is 4.38. The van der Waals surface area contributed by atoms with E-state index in [1.807, 2.05) is 13.0 Å². The third-order valence-corrected chi connectivity index (χ3v) is 4.71. The molecule has 0 saturated heterocycles. The molecule has 0 spiro atoms. The van der Waals surface area contributed by atoms with Gasteiger partial charge >= 0.3 is 5.97 Å². The third-order valence-electron chi connectivity index (χ3n) is 4.71. The first-order chi connectivity index (χ1) is 8.35. The van der Waals surface area contributed by atoms with Gasteiger partial charge in [0.05, 0.1) is 5.92 Å². The summed E-state index contributed by atoms with van der Waals surface area (Å²) in [5, 5.41) is 9.12. The average molecular weight is 248 g/mol. The fourth-order valence-electron chi connectivity index (χ4n) is 3.16. The molecular weight excluding hydrogens is 228 g/mol. The van der Waals surface area contributed by atoms with E-state index in [9.17, 15) is 9.59 Å². The van der Waals surface area contributed by atoms with Gasteiger partial charge in [0.15, 0.2) is 5.78 Å². The molecule has 0 unspecified atom stereocenters. The number of rotatable bonds is 2. The summed E-state index contributed by atoms with van der Waals surface area (Å²) in [4.78, 5) is 22.8. The van der Waals surface area contributed by atoms with Crippen molar-refractivity contribution in [1.82, 2.24) is 0 Å². The fourth-order valence-corrected chi connectivity index (χ4v) is 3.16. The highest BCUT2D eigenvalue weighted by Crippen LogP contribution is 2.49. The highest BCUT2D eigenvalue weighted by atomic mass is 16.4. The Hall–Kier alpha value is -1.38. The second-order valence-electron chi connectivity index (χ2n) is 5.85. The molecule has 0 aromatic heterocycles. The fraction of sp³-hybridized carbons (Fsp3) is 0.600. The summed E-state index contributed by atoms with van der Waals surface area (Å²) >= 11 is 0. The van der Waals surface area contributed by atoms with E-state index in [0.29, 0.717) is 0 Å². The second-order valence-corrected chi connectivity index (χ2v) is 5.85. The topological polar surface area (TPSA) is 54.4 Å². The Morgan fingerprint density at radius 1 is 1.56 bits per heavy atom. The molecule has 3 heteroatoms. The Balaban J connectivity index is 2.29. The molecule has 3 atom stereocenters. The number of carbonyl (C=O) groups is 2. The van der Waals surface area contributed by atoms with Crippen molar-refractivity contribution in [3.05, 3.63) is 23.3 Å². The molecule has 0 amide bonds. The molecule has 2 rings (SSSR count). The molecular formula is C15H20O3. The van der Waals surface area contributed by atoms with Gasteiger partial charge in [0.1, 0.15) is 0 Å². The Kier molecular flexibility index (Phi) is 3.18. The molecule has 3 nitrogen and oxygen atoms in total. The van der Waals surface area contributed by atoms with E-state index in [0.717, 1.165) is 30.4 Å². The quantitative estimate of drug-likeness (QED) is 0.817. The predicted octanol–water partition coefficient (Wildman–Crippen LogP) is 2.97. The lowest BCUT2D eigenvalue weighted by Gasteiger charge is -2.41. The number of ketones is 1. The van der Waals surface area contributed by atoms with E-state index in [4.69, 9.17) is 5.11 Å². The Labute approximate surface area is 108 Å². The highest BCUT2D eigenvalue weighted by Gasteiger charge is 2.40. The zero-order valence-corrected chi connectivity index (χ0v) is 11.2. The van der Waals surface area contributed by atoms with Gasteiger partial charge in [-0.3, -0.25) is 9.59 Å². The van der Waals surface area contributed by atoms with Crippen molar-refractivity contribution < 1.29 is 14.7 Å². The minimum atomic E-state index is -0.737. The van der Waals surface area contributed by atoms with Gasteiger partial charge in [-0.05, 0) is 43.8 Å². The van der Waals surface area contributed by atoms with Crippen LogP contribution in [0.5, 0.6) is 0 Å². The van der Waals surface area contributed by atoms with Crippen molar-refractivity contribution in [2.75, 3.05) is 0 Å². The zero-order chi connectivity index (χ0) is 13.5. The van der Waals surface area contributed by atoms with E-state index < -0.39 is 5.97 Å². The number of carboxylic acid groups (broad SMARTS) is 1. The van der Waals surface area contributed by atoms with Crippen LogP contribution in [-0.4, -0.2) is 16.9 Å². The maximum Gasteiger partial charge on any atom is 0.306 e. The monoisotopic (exact) mass is 248 g/mol. The molecule has 0 radical (unpaired) electrons. The van der Waals surface area contributed by atoms with E-state index in [-0.39, 0.29) is 23.0 Å². The molecule has 2 aliphatic rings. The average Bonchev–Trinajstić information content (AvgIpc) is 2.33. The van der Waals surface area contributed by atoms with Gasteiger partial charge in [-0.25, -0.2) is 0 Å². The highest BCUT2D eigenvalue weighted by molar-refractivity contribution is 6.05. The lowest BCUT2D eigenvalue weighted by Crippen LogP contribution is -2.34. The number of allylic oxidation sites excluding steroid dienone is 4. The van der Waals surface area contributed by atoms with Gasteiger partial charge in [0.2, 0.25) is 0 Å². The number of hydrogen-bond donors (Lipinski definition) is 1. The molecule has 2 aliphatic carbocycles. The summed E-state index contributed by atoms with van der Waals surface area (Å²) in [6, 6.07) is 0. The summed E-state index contributed by atoms with van der Waals surface area (Å²) in [7, 11) is 0. The van der Waals surface area contributed by atoms with Crippen LogP contribution >= 0.6 is 0 Å². The largest absolute Gasteiger partial charge is 0.481 e. The van der Waals surface area contributed by atoms with Crippen LogP contribution < -0.4 is 0 Å². The summed E-state index contributed by atoms with van der Waals surface area (Å²) in [5.41, 5.74) is 1.94. The number of aliphatic carboxylic acids is 1. The zero-order valence-electron chi connectivity index (χ0n) is 11.2. The molecule has 1 N–H and O–H groups in total. The van der Waals surface area contributed by atoms with Gasteiger partial charge < -0.3 is 5.11 Å². The van der Waals surface area contributed by atoms with Crippen LogP contribution in [0.3, 0.4) is 0 Å². The molecule has 0 aliphatic heterocycles. The summed E-state index contributed by atoms with van der Waals surface area (Å²) < 4.78 is 0. The van der Waals surface area contributed by atoms with Gasteiger partial charge in [-0.15, -0.1) is 0 Å². The minimum absolute atomic E-state index is 0.0350. The van der Waals surface area contributed by atoms with Crippen LogP contribution in [0.4, 0.5) is 0 Å². The van der Waals surface area contributed by atoms with E-state index >= 15 is 0 Å². The lowest BCUT2D eigenvalue weighted by molar-refractivity contribution is -0.143. The van der Waals surface area contributed by atoms with Gasteiger partial charge in [0.25, 0.3) is 0 Å². The van der Waals surface area contributed by atoms with Crippen LogP contribution in [0.1, 0.15) is 40.0 Å². The smallest absolute Gasteiger partial charge is 0.306 e. The lowest BCUT2D eigenvalue weighted by atomic mass is 9.62. The number of hydrogen-bond acceptors (Lipinski definition) is 2. The third kappa shape index (κ3) is 2.02. The van der Waals surface area contributed by atoms with Crippen molar-refractivity contribution in [3.63, 3.8) is 0 Å². The molecule has 0 aromatic rings. The van der Waals surface area contributed by atoms with E-state index in [2.05, 4.69) is 6.92 Å². The number of carboxylic acids is 1. The van der Waals surface area contributed by atoms with Crippen molar-refractivity contribution in [2.24, 2.45) is 17.3 Å². The SMILES string of the molecule is CC1=C2C[C@H]([C@H](C)C(=O)O)CC[C@@]2(C)C=CC1=O. The first-order valence-corrected chi connectivity index (χ1v) is 6.52. The number of fused-ring (bicyclic) bond motifs is 1. The predicted molar refractivity (Wildman–Crippen MR) is 69.1 cm³/mol. The van der Waals surface area contributed by atoms with Crippen LogP contribution in [0.2, 0.25) is 0 Å². The molecule has 1 fully saturated rings. The minimum Gasteiger partial charge on any atom is -0.481 e. The number of carbonyl (C=O) groups excluding carboxylic acids is 1. The van der Waals surface area contributed by atoms with E-state index in [1.54, 1.807) is 13.0 Å². The van der Waals surface area contributed by atoms with Crippen molar-refractivity contribution in [3.8, 4) is 0 Å². The summed E-state index contributed by atoms with van der Waals surface area (Å²) in [6.07, 6.45) is 6.26.